The Morgan fingerprint density at radius 2 is 1.83 bits per heavy atom. The van der Waals surface area contributed by atoms with Crippen LogP contribution in [0.25, 0.3) is 0 Å². The van der Waals surface area contributed by atoms with Gasteiger partial charge in [0.15, 0.2) is 5.96 Å². The van der Waals surface area contributed by atoms with Gasteiger partial charge in [0.2, 0.25) is 5.91 Å². The predicted molar refractivity (Wildman–Crippen MR) is 129 cm³/mol. The van der Waals surface area contributed by atoms with Gasteiger partial charge >= 0.3 is 0 Å². The number of fused-ring (bicyclic) bond motifs is 1. The Bertz CT molecular complexity index is 713. The highest BCUT2D eigenvalue weighted by atomic mass is 127. The van der Waals surface area contributed by atoms with Crippen molar-refractivity contribution in [1.82, 2.24) is 20.0 Å². The van der Waals surface area contributed by atoms with Crippen molar-refractivity contribution in [3.8, 4) is 0 Å². The molecule has 30 heavy (non-hydrogen) atoms. The maximum Gasteiger partial charge on any atom is 0.223 e. The summed E-state index contributed by atoms with van der Waals surface area (Å²) in [5.74, 6) is 1.20. The molecule has 3 aliphatic heterocycles. The molecular weight excluding hydrogens is 493 g/mol. The Kier molecular flexibility index (Phi) is 8.76. The van der Waals surface area contributed by atoms with Crippen molar-refractivity contribution < 1.29 is 9.53 Å². The maximum atomic E-state index is 12.5. The largest absolute Gasteiger partial charge is 0.379 e. The molecule has 4 rings (SSSR count). The first-order valence-electron chi connectivity index (χ1n) is 10.9. The van der Waals surface area contributed by atoms with E-state index in [2.05, 4.69) is 32.2 Å². The van der Waals surface area contributed by atoms with Crippen molar-refractivity contribution in [1.29, 1.82) is 0 Å². The smallest absolute Gasteiger partial charge is 0.223 e. The van der Waals surface area contributed by atoms with E-state index in [1.54, 1.807) is 0 Å². The normalized spacial score (nSPS) is 22.0. The molecule has 0 aromatic heterocycles. The summed E-state index contributed by atoms with van der Waals surface area (Å²) < 4.78 is 5.47. The van der Waals surface area contributed by atoms with Crippen molar-refractivity contribution >= 4 is 35.8 Å². The first-order chi connectivity index (χ1) is 14.2. The molecule has 0 saturated carbocycles. The molecule has 0 spiro atoms. The molecule has 8 heteroatoms. The van der Waals surface area contributed by atoms with Gasteiger partial charge in [-0.1, -0.05) is 24.3 Å². The van der Waals surface area contributed by atoms with Crippen LogP contribution in [0.4, 0.5) is 0 Å². The second-order valence-electron chi connectivity index (χ2n) is 8.13. The molecule has 7 nitrogen and oxygen atoms in total. The summed E-state index contributed by atoms with van der Waals surface area (Å²) in [7, 11) is 1.84. The molecule has 0 bridgehead atoms. The van der Waals surface area contributed by atoms with Gasteiger partial charge in [-0.25, -0.2) is 0 Å². The SMILES string of the molecule is CN=C(NCCCC(=O)N1Cc2ccccc2C1)N1CCC(N2CCOCC2)C1.I. The zero-order valence-corrected chi connectivity index (χ0v) is 20.2. The highest BCUT2D eigenvalue weighted by Gasteiger charge is 2.30. The number of hydrogen-bond donors (Lipinski definition) is 1. The van der Waals surface area contributed by atoms with Crippen LogP contribution in [0.15, 0.2) is 29.3 Å². The number of carbonyl (C=O) groups is 1. The number of ether oxygens (including phenoxy) is 1. The highest BCUT2D eigenvalue weighted by Crippen LogP contribution is 2.23. The van der Waals surface area contributed by atoms with Crippen LogP contribution in [-0.4, -0.2) is 85.6 Å². The molecule has 0 aliphatic carbocycles. The average molecular weight is 527 g/mol. The average Bonchev–Trinajstić information content (AvgIpc) is 3.42. The lowest BCUT2D eigenvalue weighted by molar-refractivity contribution is -0.131. The molecule has 3 aliphatic rings. The van der Waals surface area contributed by atoms with E-state index in [-0.39, 0.29) is 29.9 Å². The zero-order chi connectivity index (χ0) is 20.1. The van der Waals surface area contributed by atoms with E-state index in [4.69, 9.17) is 4.74 Å². The minimum absolute atomic E-state index is 0. The van der Waals surface area contributed by atoms with Crippen molar-refractivity contribution in [2.45, 2.75) is 38.4 Å². The van der Waals surface area contributed by atoms with Crippen LogP contribution in [0.3, 0.4) is 0 Å². The van der Waals surface area contributed by atoms with E-state index >= 15 is 0 Å². The van der Waals surface area contributed by atoms with Crippen LogP contribution in [0.1, 0.15) is 30.4 Å². The number of benzene rings is 1. The number of nitrogens with zero attached hydrogens (tertiary/aromatic N) is 4. The summed E-state index contributed by atoms with van der Waals surface area (Å²) in [5.41, 5.74) is 2.56. The number of amides is 1. The molecule has 3 heterocycles. The first-order valence-corrected chi connectivity index (χ1v) is 10.9. The topological polar surface area (TPSA) is 60.4 Å². The number of hydrogen-bond acceptors (Lipinski definition) is 4. The third-order valence-corrected chi connectivity index (χ3v) is 6.28. The van der Waals surface area contributed by atoms with Gasteiger partial charge in [-0.3, -0.25) is 14.7 Å². The van der Waals surface area contributed by atoms with E-state index < -0.39 is 0 Å². The fourth-order valence-corrected chi connectivity index (χ4v) is 4.61. The number of rotatable bonds is 5. The molecule has 1 aromatic carbocycles. The zero-order valence-electron chi connectivity index (χ0n) is 17.9. The minimum atomic E-state index is 0. The van der Waals surface area contributed by atoms with Crippen LogP contribution in [0.2, 0.25) is 0 Å². The number of morpholine rings is 1. The lowest BCUT2D eigenvalue weighted by atomic mass is 10.1. The summed E-state index contributed by atoms with van der Waals surface area (Å²) in [5, 5.41) is 3.46. The summed E-state index contributed by atoms with van der Waals surface area (Å²) >= 11 is 0. The number of likely N-dealkylation sites (tertiary alicyclic amines) is 1. The molecule has 0 radical (unpaired) electrons. The van der Waals surface area contributed by atoms with Gasteiger partial charge in [-0.2, -0.15) is 0 Å². The van der Waals surface area contributed by atoms with E-state index in [1.165, 1.54) is 17.5 Å². The first kappa shape index (κ1) is 23.3. The Hall–Kier alpha value is -1.39. The van der Waals surface area contributed by atoms with Gasteiger partial charge in [0.1, 0.15) is 0 Å². The van der Waals surface area contributed by atoms with E-state index in [1.807, 2.05) is 24.1 Å². The van der Waals surface area contributed by atoms with Gasteiger partial charge < -0.3 is 19.9 Å². The molecule has 1 atom stereocenters. The van der Waals surface area contributed by atoms with Crippen LogP contribution in [0, 0.1) is 0 Å². The molecule has 2 fully saturated rings. The Morgan fingerprint density at radius 1 is 1.13 bits per heavy atom. The van der Waals surface area contributed by atoms with Gasteiger partial charge in [-0.05, 0) is 24.0 Å². The van der Waals surface area contributed by atoms with E-state index in [0.717, 1.165) is 71.4 Å². The van der Waals surface area contributed by atoms with Crippen molar-refractivity contribution in [2.75, 3.05) is 53.0 Å². The van der Waals surface area contributed by atoms with Crippen molar-refractivity contribution in [2.24, 2.45) is 4.99 Å². The van der Waals surface area contributed by atoms with Gasteiger partial charge in [0.25, 0.3) is 0 Å². The number of carbonyl (C=O) groups excluding carboxylic acids is 1. The van der Waals surface area contributed by atoms with Gasteiger partial charge in [0, 0.05) is 65.3 Å². The molecule has 2 saturated heterocycles. The molecule has 1 unspecified atom stereocenters. The monoisotopic (exact) mass is 527 g/mol. The summed E-state index contributed by atoms with van der Waals surface area (Å²) in [6.45, 7) is 8.09. The van der Waals surface area contributed by atoms with Crippen LogP contribution >= 0.6 is 24.0 Å². The lowest BCUT2D eigenvalue weighted by Gasteiger charge is -2.32. The number of aliphatic imine (C=N–C) groups is 1. The maximum absolute atomic E-state index is 12.5. The van der Waals surface area contributed by atoms with Crippen LogP contribution < -0.4 is 5.32 Å². The van der Waals surface area contributed by atoms with Crippen molar-refractivity contribution in [3.05, 3.63) is 35.4 Å². The molecule has 1 aromatic rings. The second kappa shape index (κ2) is 11.3. The van der Waals surface area contributed by atoms with Crippen LogP contribution in [0.5, 0.6) is 0 Å². The number of halogens is 1. The predicted octanol–water partition coefficient (Wildman–Crippen LogP) is 1.91. The number of nitrogens with one attached hydrogen (secondary N) is 1. The molecule has 166 valence electrons. The summed E-state index contributed by atoms with van der Waals surface area (Å²) in [6.07, 6.45) is 2.58. The quantitative estimate of drug-likeness (QED) is 0.275. The fraction of sp³-hybridized carbons (Fsp3) is 0.636. The Labute approximate surface area is 196 Å². The van der Waals surface area contributed by atoms with Gasteiger partial charge in [-0.15, -0.1) is 24.0 Å². The second-order valence-corrected chi connectivity index (χ2v) is 8.13. The fourth-order valence-electron chi connectivity index (χ4n) is 4.61. The van der Waals surface area contributed by atoms with E-state index in [0.29, 0.717) is 12.5 Å². The highest BCUT2D eigenvalue weighted by molar-refractivity contribution is 14.0. The Balaban J connectivity index is 0.00000256. The standard InChI is InChI=1S/C22H33N5O2.HI/c1-23-22(26-10-8-20(17-26)25-11-13-29-14-12-25)24-9-4-7-21(28)27-15-18-5-2-3-6-19(18)16-27;/h2-3,5-6,20H,4,7-17H2,1H3,(H,23,24);1H. The summed E-state index contributed by atoms with van der Waals surface area (Å²) in [6, 6.07) is 8.92. The molecule has 1 amide bonds. The Morgan fingerprint density at radius 3 is 2.50 bits per heavy atom. The van der Waals surface area contributed by atoms with Crippen molar-refractivity contribution in [3.63, 3.8) is 0 Å². The lowest BCUT2D eigenvalue weighted by Crippen LogP contribution is -2.46. The third kappa shape index (κ3) is 5.64. The third-order valence-electron chi connectivity index (χ3n) is 6.28. The molecular formula is C22H34IN5O2. The molecule has 1 N–H and O–H groups in total. The number of guanidine groups is 1. The minimum Gasteiger partial charge on any atom is -0.379 e. The summed E-state index contributed by atoms with van der Waals surface area (Å²) in [4.78, 5) is 23.9. The van der Waals surface area contributed by atoms with Gasteiger partial charge in [0.05, 0.1) is 13.2 Å². The van der Waals surface area contributed by atoms with Crippen LogP contribution in [-0.2, 0) is 22.6 Å². The van der Waals surface area contributed by atoms with E-state index in [9.17, 15) is 4.79 Å².